The van der Waals surface area contributed by atoms with Gasteiger partial charge in [-0.2, -0.15) is 0 Å². The number of carbonyl (C=O) groups is 1. The van der Waals surface area contributed by atoms with E-state index in [1.54, 1.807) is 18.4 Å². The number of hydrogen-bond donors (Lipinski definition) is 3. The van der Waals surface area contributed by atoms with Crippen molar-refractivity contribution in [2.75, 3.05) is 18.1 Å². The van der Waals surface area contributed by atoms with Crippen LogP contribution in [0.4, 0.5) is 10.9 Å². The van der Waals surface area contributed by atoms with E-state index in [-0.39, 0.29) is 17.8 Å². The summed E-state index contributed by atoms with van der Waals surface area (Å²) in [7, 11) is 1.75. The van der Waals surface area contributed by atoms with Gasteiger partial charge in [0.15, 0.2) is 5.13 Å². The van der Waals surface area contributed by atoms with Gasteiger partial charge in [-0.3, -0.25) is 4.79 Å². The Balaban J connectivity index is 2.10. The Bertz CT molecular complexity index is 590. The molecule has 0 aromatic carbocycles. The van der Waals surface area contributed by atoms with E-state index in [1.165, 1.54) is 16.2 Å². The first-order chi connectivity index (χ1) is 9.01. The molecule has 0 saturated heterocycles. The van der Waals surface area contributed by atoms with Crippen LogP contribution in [-0.4, -0.2) is 17.9 Å². The molecule has 1 amide bonds. The number of aromatic nitrogens is 1. The molecule has 19 heavy (non-hydrogen) atoms. The van der Waals surface area contributed by atoms with Crippen LogP contribution in [0, 0.1) is 6.92 Å². The highest BCUT2D eigenvalue weighted by atomic mass is 32.1. The van der Waals surface area contributed by atoms with Crippen LogP contribution in [0.3, 0.4) is 0 Å². The molecular weight excluding hydrogens is 280 g/mol. The normalized spacial score (nSPS) is 12.2. The third-order valence-corrected chi connectivity index (χ3v) is 4.88. The summed E-state index contributed by atoms with van der Waals surface area (Å²) in [5.74, 6) is 0.0801. The first-order valence-corrected chi connectivity index (χ1v) is 7.45. The molecule has 0 aliphatic carbocycles. The van der Waals surface area contributed by atoms with Crippen molar-refractivity contribution in [2.24, 2.45) is 0 Å². The van der Waals surface area contributed by atoms with E-state index in [0.717, 1.165) is 4.88 Å². The zero-order valence-corrected chi connectivity index (χ0v) is 12.6. The predicted molar refractivity (Wildman–Crippen MR) is 81.0 cm³/mol. The number of aryl methyl sites for hydroxylation is 1. The number of nitrogens with two attached hydrogens (primary N) is 1. The van der Waals surface area contributed by atoms with Crippen LogP contribution >= 0.6 is 22.7 Å². The summed E-state index contributed by atoms with van der Waals surface area (Å²) >= 11 is 2.93. The van der Waals surface area contributed by atoms with Crippen molar-refractivity contribution in [3.63, 3.8) is 0 Å². The first-order valence-electron chi connectivity index (χ1n) is 5.82. The second-order valence-corrected chi connectivity index (χ2v) is 6.45. The molecule has 102 valence electrons. The van der Waals surface area contributed by atoms with Gasteiger partial charge in [-0.1, -0.05) is 11.3 Å². The van der Waals surface area contributed by atoms with Gasteiger partial charge in [0.05, 0.1) is 6.04 Å². The molecule has 4 N–H and O–H groups in total. The number of hydrogen-bond acceptors (Lipinski definition) is 6. The van der Waals surface area contributed by atoms with E-state index < -0.39 is 0 Å². The van der Waals surface area contributed by atoms with Crippen LogP contribution in [0.1, 0.15) is 32.4 Å². The number of thiophene rings is 1. The lowest BCUT2D eigenvalue weighted by atomic mass is 10.2. The van der Waals surface area contributed by atoms with E-state index >= 15 is 0 Å². The third-order valence-electron chi connectivity index (χ3n) is 2.61. The minimum Gasteiger partial charge on any atom is -0.382 e. The van der Waals surface area contributed by atoms with Crippen LogP contribution in [0.5, 0.6) is 0 Å². The van der Waals surface area contributed by atoms with Crippen LogP contribution in [0.15, 0.2) is 12.1 Å². The molecule has 2 aromatic heterocycles. The molecule has 0 aliphatic heterocycles. The molecule has 5 nitrogen and oxygen atoms in total. The summed E-state index contributed by atoms with van der Waals surface area (Å²) in [6, 6.07) is 4.04. The van der Waals surface area contributed by atoms with Gasteiger partial charge in [0.2, 0.25) is 0 Å². The van der Waals surface area contributed by atoms with Crippen molar-refractivity contribution < 1.29 is 4.79 Å². The summed E-state index contributed by atoms with van der Waals surface area (Å²) in [5.41, 5.74) is 5.74. The summed E-state index contributed by atoms with van der Waals surface area (Å²) in [4.78, 5) is 19.0. The molecule has 2 rings (SSSR count). The first kappa shape index (κ1) is 13.8. The number of amides is 1. The molecule has 0 fully saturated rings. The fraction of sp³-hybridized carbons (Fsp3) is 0.333. The molecule has 0 spiro atoms. The van der Waals surface area contributed by atoms with Crippen molar-refractivity contribution in [2.45, 2.75) is 19.9 Å². The number of nitrogens with one attached hydrogen (secondary N) is 2. The average molecular weight is 296 g/mol. The van der Waals surface area contributed by atoms with Crippen molar-refractivity contribution in [1.82, 2.24) is 10.3 Å². The van der Waals surface area contributed by atoms with E-state index in [1.807, 2.05) is 26.0 Å². The van der Waals surface area contributed by atoms with Gasteiger partial charge in [-0.05, 0) is 26.0 Å². The van der Waals surface area contributed by atoms with Gasteiger partial charge in [0.25, 0.3) is 5.91 Å². The van der Waals surface area contributed by atoms with E-state index in [2.05, 4.69) is 15.6 Å². The zero-order chi connectivity index (χ0) is 14.0. The van der Waals surface area contributed by atoms with Gasteiger partial charge < -0.3 is 16.4 Å². The smallest absolute Gasteiger partial charge is 0.265 e. The van der Waals surface area contributed by atoms with Crippen molar-refractivity contribution in [3.05, 3.63) is 26.8 Å². The molecular formula is C12H16N4OS2. The molecule has 1 atom stereocenters. The highest BCUT2D eigenvalue weighted by molar-refractivity contribution is 7.18. The number of anilines is 2. The molecule has 2 aromatic rings. The minimum atomic E-state index is -0.185. The summed E-state index contributed by atoms with van der Waals surface area (Å²) in [6.07, 6.45) is 0. The number of rotatable bonds is 4. The summed E-state index contributed by atoms with van der Waals surface area (Å²) in [5, 5.41) is 6.46. The van der Waals surface area contributed by atoms with Crippen molar-refractivity contribution >= 4 is 39.5 Å². The lowest BCUT2D eigenvalue weighted by Gasteiger charge is -2.11. The third kappa shape index (κ3) is 3.05. The average Bonchev–Trinajstić information content (AvgIpc) is 2.95. The maximum atomic E-state index is 12.1. The Morgan fingerprint density at radius 3 is 2.68 bits per heavy atom. The second-order valence-electron chi connectivity index (χ2n) is 4.13. The van der Waals surface area contributed by atoms with Gasteiger partial charge in [-0.15, -0.1) is 11.3 Å². The SMILES string of the molecule is CNc1nc(N)c(C(=O)NC(C)c2ccc(C)s2)s1. The standard InChI is InChI=1S/C12H16N4OS2/c1-6-4-5-8(18-6)7(2)15-11(17)9-10(13)16-12(14-3)19-9/h4-5,7H,13H2,1-3H3,(H,14,16)(H,15,17). The van der Waals surface area contributed by atoms with Gasteiger partial charge in [-0.25, -0.2) is 4.98 Å². The minimum absolute atomic E-state index is 0.0364. The Hall–Kier alpha value is -1.60. The molecule has 0 saturated carbocycles. The van der Waals surface area contributed by atoms with Crippen molar-refractivity contribution in [1.29, 1.82) is 0 Å². The lowest BCUT2D eigenvalue weighted by Crippen LogP contribution is -2.26. The second kappa shape index (κ2) is 5.58. The predicted octanol–water partition coefficient (Wildman–Crippen LogP) is 2.63. The highest BCUT2D eigenvalue weighted by Gasteiger charge is 2.18. The zero-order valence-electron chi connectivity index (χ0n) is 11.0. The van der Waals surface area contributed by atoms with Gasteiger partial charge in [0, 0.05) is 16.8 Å². The number of thiazole rings is 1. The molecule has 1 unspecified atom stereocenters. The van der Waals surface area contributed by atoms with E-state index in [9.17, 15) is 4.79 Å². The van der Waals surface area contributed by atoms with Crippen LogP contribution in [-0.2, 0) is 0 Å². The van der Waals surface area contributed by atoms with Crippen LogP contribution < -0.4 is 16.4 Å². The van der Waals surface area contributed by atoms with Gasteiger partial charge in [0.1, 0.15) is 10.7 Å². The quantitative estimate of drug-likeness (QED) is 0.810. The fourth-order valence-corrected chi connectivity index (χ4v) is 3.24. The maximum Gasteiger partial charge on any atom is 0.265 e. The molecule has 0 radical (unpaired) electrons. The Labute approximate surface area is 119 Å². The summed E-state index contributed by atoms with van der Waals surface area (Å²) in [6.45, 7) is 4.00. The van der Waals surface area contributed by atoms with Crippen LogP contribution in [0.2, 0.25) is 0 Å². The largest absolute Gasteiger partial charge is 0.382 e. The van der Waals surface area contributed by atoms with Gasteiger partial charge >= 0.3 is 0 Å². The summed E-state index contributed by atoms with van der Waals surface area (Å²) < 4.78 is 0. The molecule has 0 aliphatic rings. The fourth-order valence-electron chi connectivity index (χ4n) is 1.62. The van der Waals surface area contributed by atoms with Crippen molar-refractivity contribution in [3.8, 4) is 0 Å². The van der Waals surface area contributed by atoms with Crippen LogP contribution in [0.25, 0.3) is 0 Å². The monoisotopic (exact) mass is 296 g/mol. The lowest BCUT2D eigenvalue weighted by molar-refractivity contribution is 0.0945. The molecule has 7 heteroatoms. The topological polar surface area (TPSA) is 80.0 Å². The highest BCUT2D eigenvalue weighted by Crippen LogP contribution is 2.26. The molecule has 2 heterocycles. The van der Waals surface area contributed by atoms with E-state index in [0.29, 0.717) is 10.0 Å². The number of nitrogen functional groups attached to an aromatic ring is 1. The molecule has 0 bridgehead atoms. The number of nitrogens with zero attached hydrogens (tertiary/aromatic N) is 1. The number of carbonyl (C=O) groups excluding carboxylic acids is 1. The maximum absolute atomic E-state index is 12.1. The Kier molecular flexibility index (Phi) is 4.06. The Morgan fingerprint density at radius 1 is 1.42 bits per heavy atom. The van der Waals surface area contributed by atoms with E-state index in [4.69, 9.17) is 5.73 Å². The Morgan fingerprint density at radius 2 is 2.16 bits per heavy atom.